The van der Waals surface area contributed by atoms with E-state index in [9.17, 15) is 28.6 Å². The zero-order chi connectivity index (χ0) is 23.1. The maximum atomic E-state index is 13.4. The van der Waals surface area contributed by atoms with E-state index in [4.69, 9.17) is 11.3 Å². The third-order valence-corrected chi connectivity index (χ3v) is 6.37. The van der Waals surface area contributed by atoms with Gasteiger partial charge in [-0.15, -0.1) is 0 Å². The molecule has 1 aromatic carbocycles. The van der Waals surface area contributed by atoms with Crippen LogP contribution < -0.4 is 0 Å². The minimum absolute atomic E-state index is 0.0191. The van der Waals surface area contributed by atoms with Crippen LogP contribution in [0.5, 0.6) is 11.8 Å². The molecule has 2 bridgehead atoms. The summed E-state index contributed by atoms with van der Waals surface area (Å²) >= 11 is 0. The molecule has 0 amide bonds. The summed E-state index contributed by atoms with van der Waals surface area (Å²) in [5.41, 5.74) is -3.97. The molecule has 3 heterocycles. The number of aromatic hydroxyl groups is 2. The molecular formula is C21H22F3N3O4. The fraction of sp³-hybridized carbons (Fsp3) is 0.476. The van der Waals surface area contributed by atoms with E-state index in [1.54, 1.807) is 27.7 Å². The molecule has 10 heteroatoms. The van der Waals surface area contributed by atoms with Gasteiger partial charge in [0.15, 0.2) is 5.69 Å². The predicted molar refractivity (Wildman–Crippen MR) is 105 cm³/mol. The van der Waals surface area contributed by atoms with Gasteiger partial charge < -0.3 is 24.8 Å². The summed E-state index contributed by atoms with van der Waals surface area (Å²) in [6.07, 6.45) is -4.79. The molecule has 2 aliphatic heterocycles. The number of benzene rings is 1. The average Bonchev–Trinajstić information content (AvgIpc) is 3.00. The van der Waals surface area contributed by atoms with Crippen molar-refractivity contribution in [2.45, 2.75) is 51.1 Å². The summed E-state index contributed by atoms with van der Waals surface area (Å²) in [6, 6.07) is 2.64. The normalized spacial score (nSPS) is 29.8. The van der Waals surface area contributed by atoms with Crippen molar-refractivity contribution in [2.75, 3.05) is 13.1 Å². The molecule has 2 aliphatic rings. The first-order valence-electron chi connectivity index (χ1n) is 9.71. The molecule has 1 fully saturated rings. The van der Waals surface area contributed by atoms with E-state index < -0.39 is 45.0 Å². The molecular weight excluding hydrogens is 415 g/mol. The predicted octanol–water partition coefficient (Wildman–Crippen LogP) is 4.66. The van der Waals surface area contributed by atoms with Gasteiger partial charge in [-0.1, -0.05) is 6.07 Å². The van der Waals surface area contributed by atoms with Crippen LogP contribution in [0.2, 0.25) is 0 Å². The van der Waals surface area contributed by atoms with Crippen molar-refractivity contribution < 1.29 is 32.8 Å². The number of morpholine rings is 1. The van der Waals surface area contributed by atoms with E-state index in [2.05, 4.69) is 4.85 Å². The Hall–Kier alpha value is -2.74. The number of hydrogen-bond donors (Lipinski definition) is 2. The Morgan fingerprint density at radius 2 is 1.68 bits per heavy atom. The Kier molecular flexibility index (Phi) is 4.27. The number of ether oxygens (including phenoxy) is 1. The summed E-state index contributed by atoms with van der Waals surface area (Å²) in [6.45, 7) is 13.8. The van der Waals surface area contributed by atoms with Gasteiger partial charge in [0, 0.05) is 0 Å². The maximum absolute atomic E-state index is 13.4. The van der Waals surface area contributed by atoms with E-state index >= 15 is 0 Å². The maximum Gasteiger partial charge on any atom is 0.407 e. The number of aromatic nitrogens is 1. The van der Waals surface area contributed by atoms with Crippen molar-refractivity contribution in [3.05, 3.63) is 51.5 Å². The zero-order valence-corrected chi connectivity index (χ0v) is 17.4. The minimum Gasteiger partial charge on any atom is -0.632 e. The van der Waals surface area contributed by atoms with Crippen LogP contribution in [0.3, 0.4) is 0 Å². The summed E-state index contributed by atoms with van der Waals surface area (Å²) in [7, 11) is 0. The van der Waals surface area contributed by atoms with Gasteiger partial charge >= 0.3 is 6.18 Å². The highest BCUT2D eigenvalue weighted by Gasteiger charge is 2.63. The standard InChI is InChI=1S/C21H22F3N3O4/c1-11(2)27(30)9-19(3)15-16(20(4,10-27)31-19)18(29)26(17(15)28)12-6-7-14(25-5)13(8-12)21(22,23)24/h6-8,11,28-29H,9-10H2,1-4H3/t19-,20+,27?. The molecule has 1 aromatic heterocycles. The van der Waals surface area contributed by atoms with Crippen LogP contribution in [-0.2, 0) is 22.1 Å². The first-order chi connectivity index (χ1) is 14.2. The van der Waals surface area contributed by atoms with Crippen LogP contribution in [0.15, 0.2) is 18.2 Å². The minimum atomic E-state index is -4.79. The van der Waals surface area contributed by atoms with Crippen molar-refractivity contribution in [3.8, 4) is 17.4 Å². The smallest absolute Gasteiger partial charge is 0.407 e. The Balaban J connectivity index is 1.94. The second-order valence-electron chi connectivity index (χ2n) is 8.97. The van der Waals surface area contributed by atoms with E-state index in [1.165, 1.54) is 6.07 Å². The molecule has 1 unspecified atom stereocenters. The monoisotopic (exact) mass is 437 g/mol. The van der Waals surface area contributed by atoms with E-state index in [0.717, 1.165) is 10.6 Å². The fourth-order valence-corrected chi connectivity index (χ4v) is 5.05. The Morgan fingerprint density at radius 3 is 2.10 bits per heavy atom. The first-order valence-corrected chi connectivity index (χ1v) is 9.71. The molecule has 4 rings (SSSR count). The highest BCUT2D eigenvalue weighted by molar-refractivity contribution is 5.63. The number of hydroxylamine groups is 3. The van der Waals surface area contributed by atoms with Gasteiger partial charge in [-0.3, -0.25) is 4.57 Å². The number of fused-ring (bicyclic) bond motifs is 5. The van der Waals surface area contributed by atoms with Crippen molar-refractivity contribution in [3.63, 3.8) is 0 Å². The SMILES string of the molecule is [C-]#[N+]c1ccc(-n2c(O)c3c(c2O)[C@]2(C)C[N+]([O-])(C(C)C)C[C@@]3(C)O2)cc1C(F)(F)F. The van der Waals surface area contributed by atoms with Crippen molar-refractivity contribution in [1.82, 2.24) is 4.57 Å². The summed E-state index contributed by atoms with van der Waals surface area (Å²) in [4.78, 5) is 2.91. The molecule has 0 aliphatic carbocycles. The number of halogens is 3. The Bertz CT molecular complexity index is 1090. The van der Waals surface area contributed by atoms with Crippen molar-refractivity contribution in [2.24, 2.45) is 0 Å². The van der Waals surface area contributed by atoms with Crippen molar-refractivity contribution in [1.29, 1.82) is 0 Å². The van der Waals surface area contributed by atoms with Gasteiger partial charge in [0.05, 0.1) is 35.0 Å². The molecule has 0 saturated carbocycles. The lowest BCUT2D eigenvalue weighted by Gasteiger charge is -2.56. The first kappa shape index (κ1) is 21.5. The van der Waals surface area contributed by atoms with Gasteiger partial charge in [-0.25, -0.2) is 4.85 Å². The van der Waals surface area contributed by atoms with Gasteiger partial charge in [0.2, 0.25) is 11.8 Å². The second kappa shape index (κ2) is 6.16. The molecule has 0 spiro atoms. The third kappa shape index (κ3) is 2.84. The molecule has 31 heavy (non-hydrogen) atoms. The van der Waals surface area contributed by atoms with Gasteiger partial charge in [-0.2, -0.15) is 13.2 Å². The van der Waals surface area contributed by atoms with Gasteiger partial charge in [0.1, 0.15) is 24.3 Å². The molecule has 1 saturated heterocycles. The van der Waals surface area contributed by atoms with E-state index in [0.29, 0.717) is 6.07 Å². The largest absolute Gasteiger partial charge is 0.632 e. The Labute approximate surface area is 176 Å². The summed E-state index contributed by atoms with van der Waals surface area (Å²) < 4.78 is 46.7. The zero-order valence-electron chi connectivity index (χ0n) is 17.4. The van der Waals surface area contributed by atoms with Crippen LogP contribution in [0.4, 0.5) is 18.9 Å². The lowest BCUT2D eigenvalue weighted by atomic mass is 9.94. The van der Waals surface area contributed by atoms with Crippen LogP contribution in [0.1, 0.15) is 44.4 Å². The average molecular weight is 437 g/mol. The number of rotatable bonds is 2. The Morgan fingerprint density at radius 1 is 1.16 bits per heavy atom. The summed E-state index contributed by atoms with van der Waals surface area (Å²) in [5.74, 6) is -0.973. The van der Waals surface area contributed by atoms with Gasteiger partial charge in [0.25, 0.3) is 0 Å². The quantitative estimate of drug-likeness (QED) is 0.407. The number of nitrogens with zero attached hydrogens (tertiary/aromatic N) is 3. The fourth-order valence-electron chi connectivity index (χ4n) is 5.05. The number of alkyl halides is 3. The number of quaternary nitrogens is 1. The molecule has 2 aromatic rings. The third-order valence-electron chi connectivity index (χ3n) is 6.37. The van der Waals surface area contributed by atoms with E-state index in [1.807, 2.05) is 0 Å². The lowest BCUT2D eigenvalue weighted by molar-refractivity contribution is -0.925. The molecule has 2 N–H and O–H groups in total. The van der Waals surface area contributed by atoms with Crippen molar-refractivity contribution >= 4 is 5.69 Å². The molecule has 3 atom stereocenters. The number of hydrogen-bond acceptors (Lipinski definition) is 4. The van der Waals surface area contributed by atoms with Gasteiger partial charge in [-0.05, 0) is 39.8 Å². The van der Waals surface area contributed by atoms with Crippen LogP contribution in [0.25, 0.3) is 10.5 Å². The summed E-state index contributed by atoms with van der Waals surface area (Å²) in [5, 5.41) is 35.4. The highest BCUT2D eigenvalue weighted by Crippen LogP contribution is 2.60. The van der Waals surface area contributed by atoms with Crippen LogP contribution in [-0.4, -0.2) is 38.6 Å². The highest BCUT2D eigenvalue weighted by atomic mass is 19.4. The van der Waals surface area contributed by atoms with E-state index in [-0.39, 0.29) is 35.9 Å². The molecule has 7 nitrogen and oxygen atoms in total. The molecule has 166 valence electrons. The topological polar surface area (TPSA) is 82.0 Å². The van der Waals surface area contributed by atoms with Crippen LogP contribution in [0, 0.1) is 11.8 Å². The second-order valence-corrected chi connectivity index (χ2v) is 8.97. The van der Waals surface area contributed by atoms with Crippen LogP contribution >= 0.6 is 0 Å². The lowest BCUT2D eigenvalue weighted by Crippen LogP contribution is -2.63. The molecule has 0 radical (unpaired) electrons.